The summed E-state index contributed by atoms with van der Waals surface area (Å²) in [6.45, 7) is 17.0. The summed E-state index contributed by atoms with van der Waals surface area (Å²) >= 11 is 0. The number of nitrogens with zero attached hydrogens (tertiary/aromatic N) is 4. The molecular formula is C54H68N4O10. The second kappa shape index (κ2) is 19.1. The average molecular weight is 933 g/mol. The predicted molar refractivity (Wildman–Crippen MR) is 260 cm³/mol. The Kier molecular flexibility index (Phi) is 13.3. The maximum Gasteiger partial charge on any atom is 0.341 e. The Labute approximate surface area is 398 Å². The highest BCUT2D eigenvalue weighted by molar-refractivity contribution is 5.88. The van der Waals surface area contributed by atoms with Gasteiger partial charge in [-0.25, -0.2) is 9.59 Å². The first kappa shape index (κ1) is 47.5. The van der Waals surface area contributed by atoms with Crippen molar-refractivity contribution in [3.8, 4) is 45.5 Å². The van der Waals surface area contributed by atoms with Gasteiger partial charge in [0.15, 0.2) is 33.9 Å². The highest BCUT2D eigenvalue weighted by Gasteiger charge is 2.49. The maximum absolute atomic E-state index is 12.6. The highest BCUT2D eigenvalue weighted by atomic mass is 16.5. The van der Waals surface area contributed by atoms with Gasteiger partial charge in [0.05, 0.1) is 38.8 Å². The van der Waals surface area contributed by atoms with E-state index < -0.39 is 22.8 Å². The Morgan fingerprint density at radius 1 is 0.588 bits per heavy atom. The number of carbonyl (C=O) groups is 2. The number of carboxylic acids is 2. The summed E-state index contributed by atoms with van der Waals surface area (Å²) < 4.78 is 27.9. The van der Waals surface area contributed by atoms with Crippen LogP contribution < -0.4 is 29.8 Å². The van der Waals surface area contributed by atoms with Crippen molar-refractivity contribution in [3.63, 3.8) is 0 Å². The van der Waals surface area contributed by atoms with Crippen molar-refractivity contribution in [3.05, 3.63) is 91.5 Å². The van der Waals surface area contributed by atoms with Gasteiger partial charge in [-0.2, -0.15) is 0 Å². The van der Waals surface area contributed by atoms with Gasteiger partial charge in [-0.3, -0.25) is 9.59 Å². The summed E-state index contributed by atoms with van der Waals surface area (Å²) in [5, 5.41) is 19.1. The average Bonchev–Trinajstić information content (AvgIpc) is 4.14. The molecule has 68 heavy (non-hydrogen) atoms. The number of ether oxygens (including phenoxy) is 4. The number of hydrogen-bond acceptors (Lipinski definition) is 10. The quantitative estimate of drug-likeness (QED) is 0.116. The fourth-order valence-corrected chi connectivity index (χ4v) is 12.6. The Morgan fingerprint density at radius 2 is 0.971 bits per heavy atom. The number of methoxy groups -OCH3 is 2. The van der Waals surface area contributed by atoms with E-state index in [1.165, 1.54) is 64.0 Å². The van der Waals surface area contributed by atoms with Gasteiger partial charge in [0.1, 0.15) is 11.1 Å². The number of hydrogen-bond donors (Lipinski definition) is 2. The third-order valence-corrected chi connectivity index (χ3v) is 16.0. The van der Waals surface area contributed by atoms with Crippen LogP contribution in [-0.4, -0.2) is 108 Å². The molecule has 4 atom stereocenters. The highest BCUT2D eigenvalue weighted by Crippen LogP contribution is 2.61. The number of aromatic carboxylic acids is 2. The molecule has 2 aromatic heterocycles. The van der Waals surface area contributed by atoms with Gasteiger partial charge in [0.2, 0.25) is 0 Å². The fraction of sp³-hybridized carbons (Fsp3) is 0.556. The van der Waals surface area contributed by atoms with E-state index in [1.807, 2.05) is 21.3 Å². The Balaban J connectivity index is 0.000000170. The van der Waals surface area contributed by atoms with Crippen molar-refractivity contribution >= 4 is 11.9 Å². The molecule has 2 saturated carbocycles. The minimum absolute atomic E-state index is 0.0291. The minimum Gasteiger partial charge on any atom is -0.493 e. The smallest absolute Gasteiger partial charge is 0.341 e. The van der Waals surface area contributed by atoms with Crippen molar-refractivity contribution in [1.29, 1.82) is 0 Å². The molecule has 6 heterocycles. The maximum atomic E-state index is 12.6. The van der Waals surface area contributed by atoms with E-state index in [0.29, 0.717) is 24.7 Å². The molecule has 2 aromatic carbocycles. The second-order valence-corrected chi connectivity index (χ2v) is 21.1. The number of carboxylic acid groups (broad SMARTS) is 2. The summed E-state index contributed by atoms with van der Waals surface area (Å²) in [4.78, 5) is 53.7. The molecule has 0 radical (unpaired) electrons. The van der Waals surface area contributed by atoms with E-state index in [4.69, 9.17) is 18.9 Å². The predicted octanol–water partition coefficient (Wildman–Crippen LogP) is 9.09. The molecule has 0 spiro atoms. The van der Waals surface area contributed by atoms with Crippen LogP contribution in [-0.2, 0) is 0 Å². The van der Waals surface area contributed by atoms with Crippen molar-refractivity contribution < 1.29 is 38.7 Å². The molecule has 4 aromatic rings. The third kappa shape index (κ3) is 8.94. The Morgan fingerprint density at radius 3 is 1.32 bits per heavy atom. The first-order valence-corrected chi connectivity index (χ1v) is 24.7. The summed E-state index contributed by atoms with van der Waals surface area (Å²) in [7, 11) is 3.26. The normalized spacial score (nSPS) is 22.7. The standard InChI is InChI=1S/2C27H34N2O5/c2*1-27(2)8-7-17-18-13-24(34-12-6-11-28-9-4-5-10-28)23(33-3)14-19(18)21-15-22(30)20(26(31)32)16-29(21)25(17)27/h2*13-17,25H,4-12H2,1-3H3,(H,31,32)/t2*17-,25+/m10/s1. The van der Waals surface area contributed by atoms with Crippen LogP contribution in [0.25, 0.3) is 22.5 Å². The molecule has 2 aliphatic carbocycles. The first-order valence-electron chi connectivity index (χ1n) is 24.7. The van der Waals surface area contributed by atoms with Crippen LogP contribution in [0.1, 0.15) is 148 Å². The first-order chi connectivity index (χ1) is 32.6. The molecular weight excluding hydrogens is 865 g/mol. The molecule has 6 aliphatic rings. The SMILES string of the molecule is COc1cc2c(cc1OCCCN1CCCC1)[C@@H]1CCC(C)(C)[C@@H]1n1cc(C(=O)O)c(=O)cc1-2.COc1cc2c(cc1OCCCN1CCCC1)[C@H]1CCC(C)(C)[C@H]1n1cc(C(=O)O)c(=O)cc1-2. The van der Waals surface area contributed by atoms with Crippen molar-refractivity contribution in [2.45, 2.75) is 116 Å². The van der Waals surface area contributed by atoms with Gasteiger partial charge in [-0.15, -0.1) is 0 Å². The van der Waals surface area contributed by atoms with Crippen LogP contribution in [0, 0.1) is 10.8 Å². The molecule has 4 fully saturated rings. The van der Waals surface area contributed by atoms with Gasteiger partial charge >= 0.3 is 11.9 Å². The molecule has 0 unspecified atom stereocenters. The molecule has 2 N–H and O–H groups in total. The number of benzene rings is 2. The van der Waals surface area contributed by atoms with Crippen LogP contribution in [0.5, 0.6) is 23.0 Å². The van der Waals surface area contributed by atoms with E-state index in [1.54, 1.807) is 26.6 Å². The largest absolute Gasteiger partial charge is 0.493 e. The number of likely N-dealkylation sites (tertiary alicyclic amines) is 2. The van der Waals surface area contributed by atoms with Gasteiger partial charge in [0, 0.05) is 72.7 Å². The van der Waals surface area contributed by atoms with Crippen molar-refractivity contribution in [2.75, 3.05) is 66.7 Å². The van der Waals surface area contributed by atoms with E-state index in [-0.39, 0.29) is 45.9 Å². The summed E-state index contributed by atoms with van der Waals surface area (Å²) in [5.41, 5.74) is 4.31. The molecule has 10 rings (SSSR count). The van der Waals surface area contributed by atoms with Gasteiger partial charge in [-0.1, -0.05) is 27.7 Å². The molecule has 14 nitrogen and oxygen atoms in total. The Bertz CT molecular complexity index is 2510. The topological polar surface area (TPSA) is 162 Å². The third-order valence-electron chi connectivity index (χ3n) is 16.0. The van der Waals surface area contributed by atoms with Gasteiger partial charge in [-0.05, 0) is 137 Å². The van der Waals surface area contributed by atoms with Crippen LogP contribution >= 0.6 is 0 Å². The van der Waals surface area contributed by atoms with E-state index in [2.05, 4.69) is 49.6 Å². The lowest BCUT2D eigenvalue weighted by Crippen LogP contribution is -2.32. The van der Waals surface area contributed by atoms with Crippen molar-refractivity contribution in [2.24, 2.45) is 10.8 Å². The van der Waals surface area contributed by atoms with E-state index in [9.17, 15) is 29.4 Å². The van der Waals surface area contributed by atoms with Crippen LogP contribution in [0.3, 0.4) is 0 Å². The molecule has 0 bridgehead atoms. The zero-order valence-corrected chi connectivity index (χ0v) is 40.6. The summed E-state index contributed by atoms with van der Waals surface area (Å²) in [6, 6.07) is 11.2. The number of fused-ring (bicyclic) bond motifs is 12. The number of aromatic nitrogens is 2. The second-order valence-electron chi connectivity index (χ2n) is 21.1. The molecule has 2 saturated heterocycles. The summed E-state index contributed by atoms with van der Waals surface area (Å²) in [5.74, 6) is 0.823. The molecule has 14 heteroatoms. The van der Waals surface area contributed by atoms with E-state index >= 15 is 0 Å². The van der Waals surface area contributed by atoms with Crippen LogP contribution in [0.4, 0.5) is 0 Å². The lowest BCUT2D eigenvalue weighted by atomic mass is 9.77. The van der Waals surface area contributed by atoms with Crippen LogP contribution in [0.15, 0.2) is 58.4 Å². The van der Waals surface area contributed by atoms with Gasteiger partial charge < -0.3 is 48.1 Å². The summed E-state index contributed by atoms with van der Waals surface area (Å²) in [6.07, 6.45) is 14.2. The minimum atomic E-state index is -1.19. The zero-order chi connectivity index (χ0) is 48.1. The molecule has 4 aliphatic heterocycles. The lowest BCUT2D eigenvalue weighted by molar-refractivity contribution is 0.0683. The number of rotatable bonds is 14. The molecule has 364 valence electrons. The number of pyridine rings is 2. The molecule has 0 amide bonds. The lowest BCUT2D eigenvalue weighted by Gasteiger charge is -2.40. The van der Waals surface area contributed by atoms with Crippen molar-refractivity contribution in [1.82, 2.24) is 18.9 Å². The zero-order valence-electron chi connectivity index (χ0n) is 40.6. The van der Waals surface area contributed by atoms with E-state index in [0.717, 1.165) is 96.8 Å². The Hall–Kier alpha value is -5.60. The van der Waals surface area contributed by atoms with Gasteiger partial charge in [0.25, 0.3) is 0 Å². The monoisotopic (exact) mass is 932 g/mol. The van der Waals surface area contributed by atoms with Crippen LogP contribution in [0.2, 0.25) is 0 Å². The fourth-order valence-electron chi connectivity index (χ4n) is 12.6.